The van der Waals surface area contributed by atoms with Crippen molar-refractivity contribution in [3.8, 4) is 0 Å². The molecule has 0 aromatic rings. The lowest BCUT2D eigenvalue weighted by molar-refractivity contribution is -0.136. The molecular formula is C19H36Cl2N4O3. The van der Waals surface area contributed by atoms with E-state index in [1.54, 1.807) is 0 Å². The van der Waals surface area contributed by atoms with Crippen molar-refractivity contribution in [1.82, 2.24) is 20.0 Å². The summed E-state index contributed by atoms with van der Waals surface area (Å²) < 4.78 is 5.42. The molecule has 3 rings (SSSR count). The molecule has 1 aliphatic carbocycles. The SMILES string of the molecule is CN(C(=O)CN1CCN(C(=O)CC2COCCN2)CC1)C1CCCCC1.Cl.Cl. The Hall–Kier alpha value is -0.600. The number of carbonyl (C=O) groups is 2. The van der Waals surface area contributed by atoms with Crippen molar-refractivity contribution in [3.05, 3.63) is 0 Å². The highest BCUT2D eigenvalue weighted by atomic mass is 35.5. The van der Waals surface area contributed by atoms with Crippen LogP contribution in [0.15, 0.2) is 0 Å². The molecule has 0 radical (unpaired) electrons. The summed E-state index contributed by atoms with van der Waals surface area (Å²) >= 11 is 0. The molecule has 9 heteroatoms. The number of ether oxygens (including phenoxy) is 1. The zero-order valence-corrected chi connectivity index (χ0v) is 18.6. The topological polar surface area (TPSA) is 65.1 Å². The van der Waals surface area contributed by atoms with Crippen molar-refractivity contribution >= 4 is 36.6 Å². The predicted octanol–water partition coefficient (Wildman–Crippen LogP) is 1.14. The molecule has 0 aromatic carbocycles. The number of piperazine rings is 1. The number of carbonyl (C=O) groups excluding carboxylic acids is 2. The monoisotopic (exact) mass is 438 g/mol. The Morgan fingerprint density at radius 3 is 2.36 bits per heavy atom. The summed E-state index contributed by atoms with van der Waals surface area (Å²) in [6, 6.07) is 0.560. The van der Waals surface area contributed by atoms with Crippen LogP contribution in [0, 0.1) is 0 Å². The Bertz CT molecular complexity index is 478. The van der Waals surface area contributed by atoms with Gasteiger partial charge in [0, 0.05) is 58.3 Å². The van der Waals surface area contributed by atoms with Crippen LogP contribution in [0.3, 0.4) is 0 Å². The maximum absolute atomic E-state index is 12.6. The fraction of sp³-hybridized carbons (Fsp3) is 0.895. The van der Waals surface area contributed by atoms with Crippen LogP contribution in [0.4, 0.5) is 0 Å². The van der Waals surface area contributed by atoms with Gasteiger partial charge in [0.05, 0.1) is 19.8 Å². The summed E-state index contributed by atoms with van der Waals surface area (Å²) in [4.78, 5) is 31.1. The van der Waals surface area contributed by atoms with E-state index >= 15 is 0 Å². The van der Waals surface area contributed by atoms with Crippen molar-refractivity contribution in [2.24, 2.45) is 0 Å². The van der Waals surface area contributed by atoms with Gasteiger partial charge in [-0.2, -0.15) is 0 Å². The number of nitrogens with one attached hydrogen (secondary N) is 1. The van der Waals surface area contributed by atoms with Crippen LogP contribution in [-0.2, 0) is 14.3 Å². The van der Waals surface area contributed by atoms with E-state index in [1.807, 2.05) is 16.8 Å². The first kappa shape index (κ1) is 25.4. The van der Waals surface area contributed by atoms with Crippen LogP contribution in [-0.4, -0.2) is 98.1 Å². The minimum atomic E-state index is 0. The van der Waals surface area contributed by atoms with Gasteiger partial charge in [0.1, 0.15) is 0 Å². The fourth-order valence-electron chi connectivity index (χ4n) is 4.22. The summed E-state index contributed by atoms with van der Waals surface area (Å²) in [6.45, 7) is 5.64. The van der Waals surface area contributed by atoms with Gasteiger partial charge in [-0.3, -0.25) is 14.5 Å². The van der Waals surface area contributed by atoms with Crippen molar-refractivity contribution in [1.29, 1.82) is 0 Å². The van der Waals surface area contributed by atoms with Gasteiger partial charge in [0.15, 0.2) is 0 Å². The van der Waals surface area contributed by atoms with E-state index in [-0.39, 0.29) is 42.7 Å². The fourth-order valence-corrected chi connectivity index (χ4v) is 4.22. The quantitative estimate of drug-likeness (QED) is 0.696. The van der Waals surface area contributed by atoms with E-state index in [0.29, 0.717) is 38.7 Å². The minimum absolute atomic E-state index is 0. The Labute approximate surface area is 181 Å². The van der Waals surface area contributed by atoms with Crippen LogP contribution < -0.4 is 5.32 Å². The Morgan fingerprint density at radius 1 is 1.07 bits per heavy atom. The second-order valence-corrected chi connectivity index (χ2v) is 7.88. The van der Waals surface area contributed by atoms with Crippen LogP contribution in [0.2, 0.25) is 0 Å². The van der Waals surface area contributed by atoms with Gasteiger partial charge in [0.25, 0.3) is 0 Å². The number of hydrogen-bond acceptors (Lipinski definition) is 5. The number of amides is 2. The lowest BCUT2D eigenvalue weighted by atomic mass is 9.94. The van der Waals surface area contributed by atoms with Gasteiger partial charge in [-0.15, -0.1) is 24.8 Å². The van der Waals surface area contributed by atoms with Gasteiger partial charge >= 0.3 is 0 Å². The predicted molar refractivity (Wildman–Crippen MR) is 114 cm³/mol. The van der Waals surface area contributed by atoms with Crippen molar-refractivity contribution in [2.45, 2.75) is 50.6 Å². The molecule has 0 bridgehead atoms. The van der Waals surface area contributed by atoms with Crippen LogP contribution in [0.25, 0.3) is 0 Å². The lowest BCUT2D eigenvalue weighted by Gasteiger charge is -2.37. The first-order valence-corrected chi connectivity index (χ1v) is 10.2. The Balaban J connectivity index is 0.00000196. The summed E-state index contributed by atoms with van der Waals surface area (Å²) in [5.74, 6) is 0.415. The third-order valence-corrected chi connectivity index (χ3v) is 6.02. The number of nitrogens with zero attached hydrogens (tertiary/aromatic N) is 3. The molecule has 3 aliphatic rings. The molecular weight excluding hydrogens is 403 g/mol. The Morgan fingerprint density at radius 2 is 1.75 bits per heavy atom. The van der Waals surface area contributed by atoms with Gasteiger partial charge < -0.3 is 19.9 Å². The van der Waals surface area contributed by atoms with E-state index in [0.717, 1.165) is 39.1 Å². The molecule has 2 amide bonds. The minimum Gasteiger partial charge on any atom is -0.378 e. The average molecular weight is 439 g/mol. The summed E-state index contributed by atoms with van der Waals surface area (Å²) in [5, 5.41) is 3.33. The molecule has 0 spiro atoms. The van der Waals surface area contributed by atoms with Crippen LogP contribution >= 0.6 is 24.8 Å². The summed E-state index contributed by atoms with van der Waals surface area (Å²) in [7, 11) is 1.96. The molecule has 164 valence electrons. The zero-order valence-electron chi connectivity index (χ0n) is 16.9. The van der Waals surface area contributed by atoms with Gasteiger partial charge in [-0.1, -0.05) is 19.3 Å². The second-order valence-electron chi connectivity index (χ2n) is 7.88. The van der Waals surface area contributed by atoms with E-state index in [2.05, 4.69) is 10.2 Å². The zero-order chi connectivity index (χ0) is 18.4. The summed E-state index contributed by atoms with van der Waals surface area (Å²) in [5.41, 5.74) is 0. The standard InChI is InChI=1S/C19H34N4O3.2ClH/c1-21(17-5-3-2-4-6-17)19(25)14-22-8-10-23(11-9-22)18(24)13-16-15-26-12-7-20-16;;/h16-17,20H,2-15H2,1H3;2*1H. The smallest absolute Gasteiger partial charge is 0.236 e. The summed E-state index contributed by atoms with van der Waals surface area (Å²) in [6.07, 6.45) is 6.57. The highest BCUT2D eigenvalue weighted by molar-refractivity contribution is 5.85. The second kappa shape index (κ2) is 12.9. The molecule has 2 aliphatic heterocycles. The largest absolute Gasteiger partial charge is 0.378 e. The van der Waals surface area contributed by atoms with Crippen molar-refractivity contribution < 1.29 is 14.3 Å². The number of likely N-dealkylation sites (N-methyl/N-ethyl adjacent to an activating group) is 1. The molecule has 1 unspecified atom stereocenters. The molecule has 2 saturated heterocycles. The first-order chi connectivity index (χ1) is 12.6. The van der Waals surface area contributed by atoms with Gasteiger partial charge in [-0.25, -0.2) is 0 Å². The van der Waals surface area contributed by atoms with Gasteiger partial charge in [-0.05, 0) is 12.8 Å². The average Bonchev–Trinajstić information content (AvgIpc) is 2.69. The number of hydrogen-bond donors (Lipinski definition) is 1. The molecule has 2 heterocycles. The lowest BCUT2D eigenvalue weighted by Crippen LogP contribution is -2.53. The van der Waals surface area contributed by atoms with Crippen molar-refractivity contribution in [3.63, 3.8) is 0 Å². The van der Waals surface area contributed by atoms with E-state index < -0.39 is 0 Å². The van der Waals surface area contributed by atoms with E-state index in [9.17, 15) is 9.59 Å². The Kier molecular flexibility index (Phi) is 11.7. The maximum Gasteiger partial charge on any atom is 0.236 e. The molecule has 28 heavy (non-hydrogen) atoms. The number of rotatable bonds is 5. The molecule has 1 saturated carbocycles. The molecule has 0 aromatic heterocycles. The number of halogens is 2. The van der Waals surface area contributed by atoms with Gasteiger partial charge in [0.2, 0.25) is 11.8 Å². The molecule has 1 atom stereocenters. The van der Waals surface area contributed by atoms with Crippen LogP contribution in [0.5, 0.6) is 0 Å². The highest BCUT2D eigenvalue weighted by Gasteiger charge is 2.27. The molecule has 3 fully saturated rings. The van der Waals surface area contributed by atoms with Crippen molar-refractivity contribution in [2.75, 3.05) is 59.5 Å². The molecule has 7 nitrogen and oxygen atoms in total. The van der Waals surface area contributed by atoms with E-state index in [1.165, 1.54) is 19.3 Å². The van der Waals surface area contributed by atoms with E-state index in [4.69, 9.17) is 4.74 Å². The normalized spacial score (nSPS) is 24.0. The van der Waals surface area contributed by atoms with Crippen LogP contribution in [0.1, 0.15) is 38.5 Å². The highest BCUT2D eigenvalue weighted by Crippen LogP contribution is 2.21. The first-order valence-electron chi connectivity index (χ1n) is 10.2. The maximum atomic E-state index is 12.6. The third-order valence-electron chi connectivity index (χ3n) is 6.02. The third kappa shape index (κ3) is 7.34. The number of morpholine rings is 1. The molecule has 1 N–H and O–H groups in total.